The van der Waals surface area contributed by atoms with Gasteiger partial charge in [0.05, 0.1) is 17.8 Å². The van der Waals surface area contributed by atoms with Crippen LogP contribution in [0.3, 0.4) is 0 Å². The van der Waals surface area contributed by atoms with Gasteiger partial charge in [-0.2, -0.15) is 18.3 Å². The lowest BCUT2D eigenvalue weighted by Gasteiger charge is -2.11. The van der Waals surface area contributed by atoms with E-state index in [1.807, 2.05) is 18.2 Å². The summed E-state index contributed by atoms with van der Waals surface area (Å²) in [6, 6.07) is 15.1. The molecule has 5 aromatic rings. The highest BCUT2D eigenvalue weighted by atomic mass is 19.4. The third-order valence-electron chi connectivity index (χ3n) is 5.71. The van der Waals surface area contributed by atoms with Crippen molar-refractivity contribution in [3.05, 3.63) is 94.2 Å². The molecule has 168 valence electrons. The van der Waals surface area contributed by atoms with Crippen molar-refractivity contribution in [2.24, 2.45) is 0 Å². The van der Waals surface area contributed by atoms with Gasteiger partial charge in [0, 0.05) is 18.0 Å². The summed E-state index contributed by atoms with van der Waals surface area (Å²) in [5.41, 5.74) is 2.43. The first-order valence-electron chi connectivity index (χ1n) is 10.5. The van der Waals surface area contributed by atoms with Crippen molar-refractivity contribution in [1.29, 1.82) is 0 Å². The molecule has 0 bridgehead atoms. The van der Waals surface area contributed by atoms with Gasteiger partial charge in [0.25, 0.3) is 0 Å². The second-order valence-corrected chi connectivity index (χ2v) is 8.22. The Kier molecular flexibility index (Phi) is 4.84. The fourth-order valence-corrected chi connectivity index (χ4v) is 3.91. The molecule has 2 aromatic carbocycles. The lowest BCUT2D eigenvalue weighted by Crippen LogP contribution is -2.23. The summed E-state index contributed by atoms with van der Waals surface area (Å²) in [4.78, 5) is 12.9. The molecule has 5 rings (SSSR count). The van der Waals surface area contributed by atoms with Crippen molar-refractivity contribution in [2.75, 3.05) is 0 Å². The van der Waals surface area contributed by atoms with Gasteiger partial charge in [-0.1, -0.05) is 56.3 Å². The highest BCUT2D eigenvalue weighted by molar-refractivity contribution is 5.76. The van der Waals surface area contributed by atoms with E-state index in [-0.39, 0.29) is 12.1 Å². The molecule has 6 nitrogen and oxygen atoms in total. The zero-order valence-corrected chi connectivity index (χ0v) is 17.9. The number of hydrogen-bond acceptors (Lipinski definition) is 3. The van der Waals surface area contributed by atoms with E-state index in [0.29, 0.717) is 22.8 Å². The van der Waals surface area contributed by atoms with Gasteiger partial charge in [0.15, 0.2) is 5.65 Å². The molecule has 9 heteroatoms. The van der Waals surface area contributed by atoms with Gasteiger partial charge in [-0.3, -0.25) is 0 Å². The molecule has 0 amide bonds. The molecule has 0 unspecified atom stereocenters. The first-order chi connectivity index (χ1) is 15.7. The van der Waals surface area contributed by atoms with Crippen molar-refractivity contribution in [2.45, 2.75) is 32.5 Å². The number of aromatic nitrogens is 5. The number of halogens is 3. The Morgan fingerprint density at radius 3 is 2.39 bits per heavy atom. The summed E-state index contributed by atoms with van der Waals surface area (Å²) in [5.74, 6) is 0.415. The first-order valence-corrected chi connectivity index (χ1v) is 10.5. The number of hydrogen-bond donors (Lipinski definition) is 0. The Bertz CT molecular complexity index is 1520. The summed E-state index contributed by atoms with van der Waals surface area (Å²) in [7, 11) is 0. The molecule has 0 aliphatic heterocycles. The van der Waals surface area contributed by atoms with Gasteiger partial charge < -0.3 is 0 Å². The van der Waals surface area contributed by atoms with Crippen LogP contribution in [-0.2, 0) is 12.7 Å². The van der Waals surface area contributed by atoms with Crippen LogP contribution in [-0.4, -0.2) is 23.8 Å². The molecular weight excluding hydrogens is 431 g/mol. The normalized spacial score (nSPS) is 12.3. The van der Waals surface area contributed by atoms with Crippen LogP contribution in [0.1, 0.15) is 36.5 Å². The van der Waals surface area contributed by atoms with Crippen LogP contribution in [0.2, 0.25) is 0 Å². The van der Waals surface area contributed by atoms with Gasteiger partial charge in [-0.25, -0.2) is 18.4 Å². The summed E-state index contributed by atoms with van der Waals surface area (Å²) in [6.45, 7) is 3.95. The van der Waals surface area contributed by atoms with Crippen LogP contribution >= 0.6 is 0 Å². The van der Waals surface area contributed by atoms with Gasteiger partial charge in [0.1, 0.15) is 5.52 Å². The summed E-state index contributed by atoms with van der Waals surface area (Å²) in [5, 5.41) is 8.92. The smallest absolute Gasteiger partial charge is 0.247 e. The van der Waals surface area contributed by atoms with Crippen molar-refractivity contribution < 1.29 is 13.2 Å². The molecule has 33 heavy (non-hydrogen) atoms. The molecule has 0 fully saturated rings. The third kappa shape index (κ3) is 3.69. The second-order valence-electron chi connectivity index (χ2n) is 8.22. The molecule has 0 N–H and O–H groups in total. The minimum absolute atomic E-state index is 0.0223. The van der Waals surface area contributed by atoms with Crippen LogP contribution < -0.4 is 5.69 Å². The Morgan fingerprint density at radius 1 is 0.970 bits per heavy atom. The number of fused-ring (bicyclic) bond motifs is 3. The second kappa shape index (κ2) is 7.61. The van der Waals surface area contributed by atoms with Crippen LogP contribution in [0.25, 0.3) is 22.4 Å². The van der Waals surface area contributed by atoms with E-state index in [0.717, 1.165) is 16.3 Å². The Morgan fingerprint density at radius 2 is 1.70 bits per heavy atom. The lowest BCUT2D eigenvalue weighted by atomic mass is 10.0. The van der Waals surface area contributed by atoms with E-state index in [1.54, 1.807) is 10.7 Å². The van der Waals surface area contributed by atoms with Crippen molar-refractivity contribution in [3.63, 3.8) is 0 Å². The Balaban J connectivity index is 1.58. The minimum atomic E-state index is -4.52. The summed E-state index contributed by atoms with van der Waals surface area (Å²) < 4.78 is 44.1. The number of alkyl halides is 3. The summed E-state index contributed by atoms with van der Waals surface area (Å²) in [6.07, 6.45) is -1.37. The molecule has 0 atom stereocenters. The fraction of sp³-hybridized carbons (Fsp3) is 0.208. The molecule has 0 saturated heterocycles. The van der Waals surface area contributed by atoms with Crippen LogP contribution in [0, 0.1) is 0 Å². The molecule has 3 aromatic heterocycles. The average molecular weight is 451 g/mol. The van der Waals surface area contributed by atoms with Gasteiger partial charge in [-0.05, 0) is 29.2 Å². The van der Waals surface area contributed by atoms with Gasteiger partial charge >= 0.3 is 11.9 Å². The van der Waals surface area contributed by atoms with Crippen molar-refractivity contribution >= 4 is 11.2 Å². The third-order valence-corrected chi connectivity index (χ3v) is 5.71. The fourth-order valence-electron chi connectivity index (χ4n) is 3.91. The van der Waals surface area contributed by atoms with Gasteiger partial charge in [-0.15, -0.1) is 5.10 Å². The number of nitrogens with zero attached hydrogens (tertiary/aromatic N) is 5. The topological polar surface area (TPSA) is 56.6 Å². The number of benzene rings is 2. The monoisotopic (exact) mass is 451 g/mol. The maximum Gasteiger partial charge on any atom is 0.416 e. The van der Waals surface area contributed by atoms with Crippen LogP contribution in [0.5, 0.6) is 0 Å². The Labute approximate surface area is 186 Å². The zero-order valence-electron chi connectivity index (χ0n) is 17.9. The van der Waals surface area contributed by atoms with E-state index in [1.165, 1.54) is 34.4 Å². The van der Waals surface area contributed by atoms with E-state index in [2.05, 4.69) is 36.2 Å². The predicted molar refractivity (Wildman–Crippen MR) is 118 cm³/mol. The molecule has 0 aliphatic carbocycles. The van der Waals surface area contributed by atoms with E-state index in [9.17, 15) is 18.0 Å². The SMILES string of the molecule is CC(C)c1ccc(-c2cc3c4nn(Cc5ccccc5C(F)(F)F)c(=O)n4ccn3n2)cc1. The molecule has 0 aliphatic rings. The maximum absolute atomic E-state index is 13.4. The van der Waals surface area contributed by atoms with Crippen LogP contribution in [0.15, 0.2) is 71.8 Å². The Hall–Kier alpha value is -3.88. The quantitative estimate of drug-likeness (QED) is 0.386. The zero-order chi connectivity index (χ0) is 23.3. The van der Waals surface area contributed by atoms with Crippen LogP contribution in [0.4, 0.5) is 13.2 Å². The molecular formula is C24H20F3N5O. The van der Waals surface area contributed by atoms with Gasteiger partial charge in [0.2, 0.25) is 0 Å². The molecule has 0 spiro atoms. The average Bonchev–Trinajstić information content (AvgIpc) is 3.35. The highest BCUT2D eigenvalue weighted by Crippen LogP contribution is 2.32. The van der Waals surface area contributed by atoms with Crippen molar-refractivity contribution in [3.8, 4) is 11.3 Å². The van der Waals surface area contributed by atoms with E-state index < -0.39 is 17.4 Å². The molecule has 0 saturated carbocycles. The maximum atomic E-state index is 13.4. The standard InChI is InChI=1S/C24H20F3N5O/c1-15(2)16-7-9-17(10-8-16)20-13-21-22-29-32(23(33)30(22)11-12-31(21)28-20)14-18-5-3-4-6-19(18)24(25,26)27/h3-13,15H,14H2,1-2H3. The largest absolute Gasteiger partial charge is 0.416 e. The molecule has 3 heterocycles. The molecule has 0 radical (unpaired) electrons. The first kappa shape index (κ1) is 21.0. The van der Waals surface area contributed by atoms with E-state index >= 15 is 0 Å². The lowest BCUT2D eigenvalue weighted by molar-refractivity contribution is -0.138. The predicted octanol–water partition coefficient (Wildman–Crippen LogP) is 5.00. The number of rotatable bonds is 4. The highest BCUT2D eigenvalue weighted by Gasteiger charge is 2.33. The summed E-state index contributed by atoms with van der Waals surface area (Å²) >= 11 is 0. The van der Waals surface area contributed by atoms with E-state index in [4.69, 9.17) is 0 Å². The minimum Gasteiger partial charge on any atom is -0.247 e. The van der Waals surface area contributed by atoms with Crippen molar-refractivity contribution in [1.82, 2.24) is 23.8 Å².